The van der Waals surface area contributed by atoms with Gasteiger partial charge in [0.2, 0.25) is 0 Å². The van der Waals surface area contributed by atoms with E-state index in [-0.39, 0.29) is 21.1 Å². The van der Waals surface area contributed by atoms with Gasteiger partial charge in [-0.2, -0.15) is 0 Å². The minimum atomic E-state index is -0.500. The monoisotopic (exact) mass is 290 g/mol. The molecule has 2 N–H and O–H groups in total. The molecule has 0 radical (unpaired) electrons. The van der Waals surface area contributed by atoms with E-state index in [0.717, 1.165) is 7.11 Å². The number of rotatable bonds is 0. The van der Waals surface area contributed by atoms with Gasteiger partial charge in [0.1, 0.15) is 0 Å². The largest absolute Gasteiger partial charge is 0.400 e. The van der Waals surface area contributed by atoms with Gasteiger partial charge in [0.15, 0.2) is 0 Å². The van der Waals surface area contributed by atoms with Gasteiger partial charge in [0, 0.05) is 28.2 Å². The number of hydrogen-bond acceptors (Lipinski definition) is 2. The maximum Gasteiger partial charge on any atom is 0.0563 e. The zero-order valence-electron chi connectivity index (χ0n) is 5.80. The van der Waals surface area contributed by atoms with E-state index in [9.17, 15) is 0 Å². The zero-order chi connectivity index (χ0) is 6.50. The molecule has 0 rings (SSSR count). The first-order valence-electron chi connectivity index (χ1n) is 2.17. The van der Waals surface area contributed by atoms with Crippen LogP contribution >= 0.6 is 0 Å². The first-order valence-corrected chi connectivity index (χ1v) is 2.17. The van der Waals surface area contributed by atoms with Crippen molar-refractivity contribution >= 4 is 0 Å². The normalized spacial score (nSPS) is 8.25. The summed E-state index contributed by atoms with van der Waals surface area (Å²) in [5.74, 6) is 0. The van der Waals surface area contributed by atoms with E-state index in [1.54, 1.807) is 20.8 Å². The molecule has 0 aliphatic rings. The number of aliphatic hydroxyl groups excluding tert-OH is 1. The Morgan fingerprint density at radius 2 is 1.00 bits per heavy atom. The quantitative estimate of drug-likeness (QED) is 0.677. The van der Waals surface area contributed by atoms with Crippen molar-refractivity contribution in [2.24, 2.45) is 0 Å². The third-order valence-electron chi connectivity index (χ3n) is 0. The van der Waals surface area contributed by atoms with E-state index in [4.69, 9.17) is 10.2 Å². The van der Waals surface area contributed by atoms with E-state index in [2.05, 4.69) is 0 Å². The molecule has 0 saturated carbocycles. The second-order valence-electron chi connectivity index (χ2n) is 2.17. The van der Waals surface area contributed by atoms with Crippen LogP contribution in [0.15, 0.2) is 0 Å². The van der Waals surface area contributed by atoms with Crippen molar-refractivity contribution in [3.63, 3.8) is 0 Å². The first kappa shape index (κ1) is 15.8. The van der Waals surface area contributed by atoms with Crippen LogP contribution in [0.2, 0.25) is 0 Å². The van der Waals surface area contributed by atoms with E-state index in [0.29, 0.717) is 0 Å². The number of hydrogen-bond donors (Lipinski definition) is 2. The Bertz CT molecular complexity index is 25.9. The molecule has 0 unspecified atom stereocenters. The summed E-state index contributed by atoms with van der Waals surface area (Å²) in [6.07, 6.45) is 0. The minimum Gasteiger partial charge on any atom is -0.400 e. The summed E-state index contributed by atoms with van der Waals surface area (Å²) in [6.45, 7) is 5.23. The van der Waals surface area contributed by atoms with Gasteiger partial charge < -0.3 is 10.2 Å². The summed E-state index contributed by atoms with van der Waals surface area (Å²) < 4.78 is 0. The fourth-order valence-electron chi connectivity index (χ4n) is 0. The average Bonchev–Trinajstić information content (AvgIpc) is 1.36. The Hall–Kier alpha value is 0.608. The molecule has 0 aromatic rings. The molecule has 0 aliphatic heterocycles. The molecule has 8 heavy (non-hydrogen) atoms. The third kappa shape index (κ3) is 562. The molecular weight excluding hydrogens is 276 g/mol. The summed E-state index contributed by atoms with van der Waals surface area (Å²) in [7, 11) is 1.00. The van der Waals surface area contributed by atoms with Crippen molar-refractivity contribution in [2.45, 2.75) is 26.4 Å². The van der Waals surface area contributed by atoms with Gasteiger partial charge in [-0.15, -0.1) is 0 Å². The van der Waals surface area contributed by atoms with E-state index in [1.807, 2.05) is 0 Å². The molecule has 0 atom stereocenters. The first-order chi connectivity index (χ1) is 3.00. The Labute approximate surface area is 65.2 Å². The molecule has 0 spiro atoms. The van der Waals surface area contributed by atoms with Crippen molar-refractivity contribution < 1.29 is 31.3 Å². The minimum absolute atomic E-state index is 0. The molecule has 0 aromatic carbocycles. The van der Waals surface area contributed by atoms with Gasteiger partial charge in [0.25, 0.3) is 0 Å². The van der Waals surface area contributed by atoms with Crippen LogP contribution < -0.4 is 0 Å². The van der Waals surface area contributed by atoms with Gasteiger partial charge in [-0.25, -0.2) is 0 Å². The molecule has 3 heteroatoms. The predicted molar refractivity (Wildman–Crippen MR) is 30.1 cm³/mol. The van der Waals surface area contributed by atoms with Gasteiger partial charge in [-0.05, 0) is 20.8 Å². The fourth-order valence-corrected chi connectivity index (χ4v) is 0. The molecule has 52 valence electrons. The summed E-state index contributed by atoms with van der Waals surface area (Å²) >= 11 is 0. The van der Waals surface area contributed by atoms with Crippen LogP contribution in [0, 0.1) is 0 Å². The molecule has 0 aromatic heterocycles. The summed E-state index contributed by atoms with van der Waals surface area (Å²) in [4.78, 5) is 0. The Kier molecular flexibility index (Phi) is 15.1. The average molecular weight is 290 g/mol. The van der Waals surface area contributed by atoms with Gasteiger partial charge in [-0.3, -0.25) is 0 Å². The molecule has 0 amide bonds. The Morgan fingerprint density at radius 1 is 1.00 bits per heavy atom. The zero-order valence-corrected chi connectivity index (χ0v) is 8.74. The fraction of sp³-hybridized carbons (Fsp3) is 1.00. The molecule has 2 nitrogen and oxygen atoms in total. The topological polar surface area (TPSA) is 40.5 Å². The molecule has 0 aliphatic carbocycles. The second kappa shape index (κ2) is 7.61. The summed E-state index contributed by atoms with van der Waals surface area (Å²) in [6, 6.07) is 0. The van der Waals surface area contributed by atoms with Crippen LogP contribution in [0.1, 0.15) is 20.8 Å². The van der Waals surface area contributed by atoms with Gasteiger partial charge >= 0.3 is 0 Å². The SMILES string of the molecule is CC(C)(C)O.CO.[W]. The van der Waals surface area contributed by atoms with Gasteiger partial charge in [-0.1, -0.05) is 0 Å². The van der Waals surface area contributed by atoms with Crippen molar-refractivity contribution in [3.8, 4) is 0 Å². The maximum absolute atomic E-state index is 8.52. The molecule has 0 bridgehead atoms. The molecule has 0 heterocycles. The van der Waals surface area contributed by atoms with Crippen LogP contribution in [-0.4, -0.2) is 22.9 Å². The Morgan fingerprint density at radius 3 is 1.00 bits per heavy atom. The van der Waals surface area contributed by atoms with Crippen LogP contribution in [0.3, 0.4) is 0 Å². The van der Waals surface area contributed by atoms with E-state index in [1.165, 1.54) is 0 Å². The maximum atomic E-state index is 8.52. The van der Waals surface area contributed by atoms with E-state index < -0.39 is 5.60 Å². The summed E-state index contributed by atoms with van der Waals surface area (Å²) in [5, 5.41) is 15.5. The molecule has 0 saturated heterocycles. The molecular formula is C5H14O2W. The van der Waals surface area contributed by atoms with Crippen LogP contribution in [0.25, 0.3) is 0 Å². The third-order valence-corrected chi connectivity index (χ3v) is 0. The second-order valence-corrected chi connectivity index (χ2v) is 2.17. The number of aliphatic hydroxyl groups is 2. The summed E-state index contributed by atoms with van der Waals surface area (Å²) in [5.41, 5.74) is -0.500. The Balaban J connectivity index is -0.0000000750. The molecule has 0 fully saturated rings. The van der Waals surface area contributed by atoms with Crippen molar-refractivity contribution in [2.75, 3.05) is 7.11 Å². The van der Waals surface area contributed by atoms with Gasteiger partial charge in [0.05, 0.1) is 5.60 Å². The van der Waals surface area contributed by atoms with E-state index >= 15 is 0 Å². The standard InChI is InChI=1S/C4H10O.CH4O.W/c1-4(2,3)5;1-2;/h5H,1-3H3;2H,1H3;. The smallest absolute Gasteiger partial charge is 0.0563 e. The predicted octanol–water partition coefficient (Wildman–Crippen LogP) is 0.383. The van der Waals surface area contributed by atoms with Crippen molar-refractivity contribution in [1.82, 2.24) is 0 Å². The van der Waals surface area contributed by atoms with Crippen molar-refractivity contribution in [3.05, 3.63) is 0 Å². The van der Waals surface area contributed by atoms with Crippen molar-refractivity contribution in [1.29, 1.82) is 0 Å². The van der Waals surface area contributed by atoms with Crippen LogP contribution in [0.5, 0.6) is 0 Å². The van der Waals surface area contributed by atoms with Crippen LogP contribution in [-0.2, 0) is 21.1 Å². The van der Waals surface area contributed by atoms with Crippen LogP contribution in [0.4, 0.5) is 0 Å².